The van der Waals surface area contributed by atoms with E-state index < -0.39 is 47.9 Å². The largest absolute Gasteiger partial charge is 0.481 e. The van der Waals surface area contributed by atoms with Crippen LogP contribution in [-0.4, -0.2) is 42.5 Å². The maximum Gasteiger partial charge on any atom is 0.313 e. The first kappa shape index (κ1) is 13.5. The molecule has 0 aromatic rings. The van der Waals surface area contributed by atoms with E-state index in [2.05, 4.69) is 0 Å². The van der Waals surface area contributed by atoms with E-state index in [1.54, 1.807) is 6.92 Å². The standard InChI is InChI=1S/C11H16BF2NO3/c1-3-6-5(9(15)8(14)7(3)13)10(16)4(2-12-6)11(17)18/h3-9,12H,2,15H2,1H3,(H,17,18). The van der Waals surface area contributed by atoms with Gasteiger partial charge in [0.2, 0.25) is 0 Å². The Hall–Kier alpha value is -0.975. The lowest BCUT2D eigenvalue weighted by molar-refractivity contribution is -0.148. The van der Waals surface area contributed by atoms with E-state index in [9.17, 15) is 18.4 Å². The molecule has 2 rings (SSSR count). The highest BCUT2D eigenvalue weighted by Gasteiger charge is 2.55. The van der Waals surface area contributed by atoms with Crippen molar-refractivity contribution in [1.82, 2.24) is 0 Å². The van der Waals surface area contributed by atoms with Crippen molar-refractivity contribution < 1.29 is 23.5 Å². The highest BCUT2D eigenvalue weighted by molar-refractivity contribution is 6.42. The summed E-state index contributed by atoms with van der Waals surface area (Å²) in [6.45, 7) is 1.56. The number of carbonyl (C=O) groups is 2. The molecule has 18 heavy (non-hydrogen) atoms. The second kappa shape index (κ2) is 4.61. The van der Waals surface area contributed by atoms with Gasteiger partial charge in [-0.15, -0.1) is 0 Å². The summed E-state index contributed by atoms with van der Waals surface area (Å²) in [6.07, 6.45) is -3.37. The first-order chi connectivity index (χ1) is 8.36. The summed E-state index contributed by atoms with van der Waals surface area (Å²) in [7, 11) is 0.412. The van der Waals surface area contributed by atoms with Gasteiger partial charge in [0.05, 0.1) is 0 Å². The highest BCUT2D eigenvalue weighted by Crippen LogP contribution is 2.46. The van der Waals surface area contributed by atoms with Crippen LogP contribution in [0.1, 0.15) is 6.92 Å². The molecule has 2 aliphatic rings. The number of aliphatic carboxylic acids is 1. The number of carboxylic acid groups (broad SMARTS) is 1. The van der Waals surface area contributed by atoms with Gasteiger partial charge in [-0.3, -0.25) is 9.59 Å². The molecule has 3 N–H and O–H groups in total. The number of alkyl halides is 2. The molecule has 1 aliphatic carbocycles. The molecule has 1 aliphatic heterocycles. The summed E-state index contributed by atoms with van der Waals surface area (Å²) in [4.78, 5) is 23.0. The molecule has 4 nitrogen and oxygen atoms in total. The number of carbonyl (C=O) groups excluding carboxylic acids is 1. The normalized spacial score (nSPS) is 48.2. The summed E-state index contributed by atoms with van der Waals surface area (Å²) >= 11 is 0. The van der Waals surface area contributed by atoms with Crippen molar-refractivity contribution in [3.63, 3.8) is 0 Å². The van der Waals surface area contributed by atoms with E-state index in [1.165, 1.54) is 0 Å². The number of ketones is 1. The molecule has 0 amide bonds. The molecule has 2 fully saturated rings. The average molecular weight is 259 g/mol. The number of rotatable bonds is 1. The second-order valence-electron chi connectivity index (χ2n) is 5.39. The van der Waals surface area contributed by atoms with Crippen molar-refractivity contribution in [2.75, 3.05) is 0 Å². The van der Waals surface area contributed by atoms with Crippen LogP contribution in [0.3, 0.4) is 0 Å². The zero-order valence-electron chi connectivity index (χ0n) is 10.1. The maximum atomic E-state index is 13.7. The van der Waals surface area contributed by atoms with Crippen LogP contribution in [0.25, 0.3) is 0 Å². The van der Waals surface area contributed by atoms with Crippen molar-refractivity contribution in [1.29, 1.82) is 0 Å². The van der Waals surface area contributed by atoms with Crippen LogP contribution in [0.5, 0.6) is 0 Å². The molecule has 7 atom stereocenters. The number of fused-ring (bicyclic) bond motifs is 1. The summed E-state index contributed by atoms with van der Waals surface area (Å²) in [6, 6.07) is -1.23. The maximum absolute atomic E-state index is 13.7. The Labute approximate surface area is 104 Å². The Kier molecular flexibility index (Phi) is 3.44. The lowest BCUT2D eigenvalue weighted by Crippen LogP contribution is -2.60. The molecular formula is C11H16BF2NO3. The van der Waals surface area contributed by atoms with Crippen LogP contribution < -0.4 is 5.73 Å². The molecule has 1 saturated heterocycles. The molecule has 100 valence electrons. The highest BCUT2D eigenvalue weighted by atomic mass is 19.2. The first-order valence-corrected chi connectivity index (χ1v) is 6.16. The molecule has 0 bridgehead atoms. The third-order valence-corrected chi connectivity index (χ3v) is 4.48. The fourth-order valence-electron chi connectivity index (χ4n) is 3.37. The minimum Gasteiger partial charge on any atom is -0.481 e. The van der Waals surface area contributed by atoms with Crippen molar-refractivity contribution in [2.24, 2.45) is 23.5 Å². The molecule has 0 aromatic heterocycles. The van der Waals surface area contributed by atoms with Crippen molar-refractivity contribution in [3.8, 4) is 0 Å². The van der Waals surface area contributed by atoms with E-state index in [4.69, 9.17) is 10.8 Å². The Bertz CT molecular complexity index is 381. The monoisotopic (exact) mass is 259 g/mol. The van der Waals surface area contributed by atoms with E-state index in [-0.39, 0.29) is 12.1 Å². The van der Waals surface area contributed by atoms with Crippen LogP contribution in [0.4, 0.5) is 8.78 Å². The van der Waals surface area contributed by atoms with Crippen LogP contribution in [-0.2, 0) is 9.59 Å². The van der Waals surface area contributed by atoms with Gasteiger partial charge in [-0.2, -0.15) is 0 Å². The zero-order chi connectivity index (χ0) is 13.6. The van der Waals surface area contributed by atoms with E-state index >= 15 is 0 Å². The smallest absolute Gasteiger partial charge is 0.313 e. The number of carboxylic acids is 1. The van der Waals surface area contributed by atoms with Gasteiger partial charge < -0.3 is 10.8 Å². The SMILES string of the molecule is CC1C(F)C(F)C(N)C2C(=O)C(C(=O)O)CBC12. The lowest BCUT2D eigenvalue weighted by atomic mass is 9.42. The molecule has 7 heteroatoms. The minimum absolute atomic E-state index is 0.191. The predicted molar refractivity (Wildman–Crippen MR) is 62.3 cm³/mol. The van der Waals surface area contributed by atoms with E-state index in [1.807, 2.05) is 0 Å². The van der Waals surface area contributed by atoms with Crippen LogP contribution >= 0.6 is 0 Å². The van der Waals surface area contributed by atoms with Crippen LogP contribution in [0.2, 0.25) is 12.1 Å². The molecular weight excluding hydrogens is 243 g/mol. The first-order valence-electron chi connectivity index (χ1n) is 6.16. The van der Waals surface area contributed by atoms with Gasteiger partial charge in [0.25, 0.3) is 0 Å². The second-order valence-corrected chi connectivity index (χ2v) is 5.39. The van der Waals surface area contributed by atoms with Crippen LogP contribution in [0, 0.1) is 17.8 Å². The van der Waals surface area contributed by atoms with Gasteiger partial charge in [-0.05, 0) is 11.7 Å². The topological polar surface area (TPSA) is 80.4 Å². The Morgan fingerprint density at radius 2 is 2.06 bits per heavy atom. The summed E-state index contributed by atoms with van der Waals surface area (Å²) in [5.41, 5.74) is 5.61. The predicted octanol–water partition coefficient (Wildman–Crippen LogP) is 0.183. The van der Waals surface area contributed by atoms with Gasteiger partial charge in [-0.1, -0.05) is 13.2 Å². The van der Waals surface area contributed by atoms with Crippen molar-refractivity contribution in [2.45, 2.75) is 37.4 Å². The van der Waals surface area contributed by atoms with Crippen molar-refractivity contribution in [3.05, 3.63) is 0 Å². The molecule has 1 heterocycles. The molecule has 0 radical (unpaired) electrons. The Morgan fingerprint density at radius 1 is 1.44 bits per heavy atom. The zero-order valence-corrected chi connectivity index (χ0v) is 10.1. The fourth-order valence-corrected chi connectivity index (χ4v) is 3.37. The third kappa shape index (κ3) is 1.84. The summed E-state index contributed by atoms with van der Waals surface area (Å²) < 4.78 is 27.4. The average Bonchev–Trinajstić information content (AvgIpc) is 2.32. The summed E-state index contributed by atoms with van der Waals surface area (Å²) in [5, 5.41) is 8.94. The van der Waals surface area contributed by atoms with E-state index in [0.717, 1.165) is 0 Å². The quantitative estimate of drug-likeness (QED) is 0.520. The van der Waals surface area contributed by atoms with Gasteiger partial charge in [0.15, 0.2) is 5.78 Å². The third-order valence-electron chi connectivity index (χ3n) is 4.48. The lowest BCUT2D eigenvalue weighted by Gasteiger charge is -2.46. The number of halogens is 2. The Morgan fingerprint density at radius 3 is 2.61 bits per heavy atom. The van der Waals surface area contributed by atoms with Gasteiger partial charge >= 0.3 is 5.97 Å². The molecule has 0 aromatic carbocycles. The summed E-state index contributed by atoms with van der Waals surface area (Å²) in [5.74, 6) is -4.65. The van der Waals surface area contributed by atoms with Gasteiger partial charge in [0, 0.05) is 12.0 Å². The van der Waals surface area contributed by atoms with E-state index in [0.29, 0.717) is 7.28 Å². The number of hydrogen-bond acceptors (Lipinski definition) is 3. The molecule has 1 saturated carbocycles. The number of nitrogens with two attached hydrogens (primary N) is 1. The fraction of sp³-hybridized carbons (Fsp3) is 0.818. The van der Waals surface area contributed by atoms with Crippen molar-refractivity contribution >= 4 is 19.0 Å². The molecule has 7 unspecified atom stereocenters. The minimum atomic E-state index is -1.89. The van der Waals surface area contributed by atoms with Gasteiger partial charge in [0.1, 0.15) is 25.5 Å². The Balaban J connectivity index is 2.29. The number of Topliss-reactive ketones (excluding diaryl/α,β-unsaturated/α-hetero) is 1. The molecule has 0 spiro atoms. The number of hydrogen-bond donors (Lipinski definition) is 2. The van der Waals surface area contributed by atoms with Crippen LogP contribution in [0.15, 0.2) is 0 Å². The van der Waals surface area contributed by atoms with Gasteiger partial charge in [-0.25, -0.2) is 8.78 Å².